The van der Waals surface area contributed by atoms with Gasteiger partial charge in [-0.1, -0.05) is 0 Å². The van der Waals surface area contributed by atoms with Crippen LogP contribution in [0.25, 0.3) is 0 Å². The van der Waals surface area contributed by atoms with Crippen LogP contribution in [0.15, 0.2) is 12.2 Å². The molecular formula is C18H30O8. The summed E-state index contributed by atoms with van der Waals surface area (Å²) in [5.41, 5.74) is -1.44. The van der Waals surface area contributed by atoms with Crippen LogP contribution in [-0.4, -0.2) is 58.1 Å². The molecule has 26 heavy (non-hydrogen) atoms. The maximum absolute atomic E-state index is 11.8. The normalized spacial score (nSPS) is 28.3. The van der Waals surface area contributed by atoms with Gasteiger partial charge in [-0.15, -0.1) is 0 Å². The third-order valence-corrected chi connectivity index (χ3v) is 3.21. The Balaban J connectivity index is 2.77. The fourth-order valence-electron chi connectivity index (χ4n) is 2.17. The molecule has 0 aliphatic heterocycles. The number of hydrogen-bond acceptors (Lipinski definition) is 8. The van der Waals surface area contributed by atoms with Crippen LogP contribution in [0, 0.1) is 0 Å². The summed E-state index contributed by atoms with van der Waals surface area (Å²) in [6.07, 6.45) is -2.78. The minimum absolute atomic E-state index is 0.00390. The molecule has 0 radical (unpaired) electrons. The molecule has 8 nitrogen and oxygen atoms in total. The third kappa shape index (κ3) is 9.05. The molecule has 0 saturated heterocycles. The minimum Gasteiger partial charge on any atom is -0.429 e. The summed E-state index contributed by atoms with van der Waals surface area (Å²) in [4.78, 5) is 23.6. The molecule has 1 rings (SSSR count). The highest BCUT2D eigenvalue weighted by molar-refractivity contribution is 5.61. The predicted molar refractivity (Wildman–Crippen MR) is 92.6 cm³/mol. The molecule has 1 aliphatic carbocycles. The molecule has 0 saturated carbocycles. The highest BCUT2D eigenvalue weighted by Gasteiger charge is 2.30. The zero-order valence-electron chi connectivity index (χ0n) is 16.2. The Morgan fingerprint density at radius 2 is 1.08 bits per heavy atom. The van der Waals surface area contributed by atoms with Gasteiger partial charge in [0.15, 0.2) is 0 Å². The molecule has 1 aliphatic rings. The van der Waals surface area contributed by atoms with Crippen LogP contribution in [0.4, 0.5) is 9.59 Å². The van der Waals surface area contributed by atoms with E-state index < -0.39 is 47.9 Å². The van der Waals surface area contributed by atoms with E-state index in [-0.39, 0.29) is 12.8 Å². The van der Waals surface area contributed by atoms with Crippen molar-refractivity contribution in [3.63, 3.8) is 0 Å². The van der Waals surface area contributed by atoms with E-state index in [2.05, 4.69) is 0 Å². The van der Waals surface area contributed by atoms with E-state index in [1.54, 1.807) is 41.5 Å². The Morgan fingerprint density at radius 1 is 0.769 bits per heavy atom. The zero-order chi connectivity index (χ0) is 20.1. The van der Waals surface area contributed by atoms with Crippen molar-refractivity contribution in [1.82, 2.24) is 0 Å². The summed E-state index contributed by atoms with van der Waals surface area (Å²) in [6, 6.07) is 0. The second-order valence-electron chi connectivity index (χ2n) is 8.23. The molecule has 4 unspecified atom stereocenters. The monoisotopic (exact) mass is 374 g/mol. The van der Waals surface area contributed by atoms with Crippen molar-refractivity contribution in [2.75, 3.05) is 0 Å². The molecule has 0 amide bonds. The first-order valence-corrected chi connectivity index (χ1v) is 8.59. The zero-order valence-corrected chi connectivity index (χ0v) is 16.2. The average molecular weight is 374 g/mol. The van der Waals surface area contributed by atoms with Crippen LogP contribution < -0.4 is 0 Å². The molecule has 4 atom stereocenters. The fraction of sp³-hybridized carbons (Fsp3) is 0.778. The number of ether oxygens (including phenoxy) is 4. The summed E-state index contributed by atoms with van der Waals surface area (Å²) >= 11 is 0. The van der Waals surface area contributed by atoms with Crippen molar-refractivity contribution in [2.45, 2.75) is 90.0 Å². The Labute approximate surface area is 154 Å². The molecular weight excluding hydrogens is 344 g/mol. The average Bonchev–Trinajstić information content (AvgIpc) is 2.38. The molecule has 0 heterocycles. The smallest absolute Gasteiger partial charge is 0.429 e. The van der Waals surface area contributed by atoms with Gasteiger partial charge in [0.05, 0.1) is 12.2 Å². The van der Waals surface area contributed by atoms with Crippen LogP contribution in [-0.2, 0) is 18.9 Å². The summed E-state index contributed by atoms with van der Waals surface area (Å²) in [7, 11) is 0. The number of rotatable bonds is 2. The Morgan fingerprint density at radius 3 is 1.35 bits per heavy atom. The van der Waals surface area contributed by atoms with Crippen LogP contribution >= 0.6 is 0 Å². The Hall–Kier alpha value is -1.80. The second-order valence-corrected chi connectivity index (χ2v) is 8.23. The summed E-state index contributed by atoms with van der Waals surface area (Å²) < 4.78 is 20.5. The quantitative estimate of drug-likeness (QED) is 0.560. The molecule has 0 aromatic heterocycles. The first kappa shape index (κ1) is 22.2. The number of aliphatic hydroxyl groups is 2. The minimum atomic E-state index is -1.16. The van der Waals surface area contributed by atoms with Gasteiger partial charge in [0.25, 0.3) is 0 Å². The van der Waals surface area contributed by atoms with E-state index in [4.69, 9.17) is 18.9 Å². The van der Waals surface area contributed by atoms with E-state index in [0.717, 1.165) is 0 Å². The molecule has 0 aromatic rings. The Kier molecular flexibility index (Phi) is 7.46. The van der Waals surface area contributed by atoms with Crippen molar-refractivity contribution < 1.29 is 38.7 Å². The van der Waals surface area contributed by atoms with Gasteiger partial charge in [-0.2, -0.15) is 0 Å². The highest BCUT2D eigenvalue weighted by Crippen LogP contribution is 2.20. The standard InChI is InChI=1S/C18H30O8/c1-17(2,3)25-15(21)23-11-7-8-12(10-14(20)13(19)9-11)24-16(22)26-18(4,5)6/h7-8,11-14,19-20H,9-10H2,1-6H3/b8-7+. The maximum Gasteiger partial charge on any atom is 0.509 e. The highest BCUT2D eigenvalue weighted by atomic mass is 16.7. The SMILES string of the molecule is CC(C)(C)OC(=O)OC1/C=C/C(OC(=O)OC(C)(C)C)CC(O)C(O)C1. The summed E-state index contributed by atoms with van der Waals surface area (Å²) in [5, 5.41) is 20.1. The lowest BCUT2D eigenvalue weighted by Crippen LogP contribution is -2.38. The second kappa shape index (κ2) is 8.73. The lowest BCUT2D eigenvalue weighted by Gasteiger charge is -2.28. The molecule has 0 aromatic carbocycles. The van der Waals surface area contributed by atoms with Crippen molar-refractivity contribution in [2.24, 2.45) is 0 Å². The lowest BCUT2D eigenvalue weighted by atomic mass is 9.97. The lowest BCUT2D eigenvalue weighted by molar-refractivity contribution is -0.0613. The molecule has 0 bridgehead atoms. The fourth-order valence-corrected chi connectivity index (χ4v) is 2.17. The largest absolute Gasteiger partial charge is 0.509 e. The first-order chi connectivity index (χ1) is 11.7. The van der Waals surface area contributed by atoms with Gasteiger partial charge < -0.3 is 29.2 Å². The van der Waals surface area contributed by atoms with Crippen LogP contribution in [0.5, 0.6) is 0 Å². The predicted octanol–water partition coefficient (Wildman–Crippen LogP) is 2.70. The maximum atomic E-state index is 11.8. The number of carbonyl (C=O) groups excluding carboxylic acids is 2. The van der Waals surface area contributed by atoms with Crippen molar-refractivity contribution in [3.8, 4) is 0 Å². The van der Waals surface area contributed by atoms with Crippen LogP contribution in [0.1, 0.15) is 54.4 Å². The molecule has 150 valence electrons. The summed E-state index contributed by atoms with van der Waals surface area (Å²) in [5.74, 6) is 0. The Bertz CT molecular complexity index is 468. The number of carbonyl (C=O) groups is 2. The van der Waals surface area contributed by atoms with Crippen molar-refractivity contribution >= 4 is 12.3 Å². The third-order valence-electron chi connectivity index (χ3n) is 3.21. The molecule has 0 spiro atoms. The van der Waals surface area contributed by atoms with Crippen LogP contribution in [0.3, 0.4) is 0 Å². The van der Waals surface area contributed by atoms with E-state index in [9.17, 15) is 19.8 Å². The number of aliphatic hydroxyl groups excluding tert-OH is 2. The van der Waals surface area contributed by atoms with Crippen molar-refractivity contribution in [1.29, 1.82) is 0 Å². The van der Waals surface area contributed by atoms with Crippen molar-refractivity contribution in [3.05, 3.63) is 12.2 Å². The molecule has 2 N–H and O–H groups in total. The number of hydrogen-bond donors (Lipinski definition) is 2. The van der Waals surface area contributed by atoms with Gasteiger partial charge in [0, 0.05) is 12.8 Å². The first-order valence-electron chi connectivity index (χ1n) is 8.59. The van der Waals surface area contributed by atoms with Gasteiger partial charge in [-0.3, -0.25) is 0 Å². The molecule has 0 fully saturated rings. The van der Waals surface area contributed by atoms with Gasteiger partial charge in [-0.25, -0.2) is 9.59 Å². The van der Waals surface area contributed by atoms with E-state index in [1.807, 2.05) is 0 Å². The van der Waals surface area contributed by atoms with Crippen LogP contribution in [0.2, 0.25) is 0 Å². The molecule has 8 heteroatoms. The van der Waals surface area contributed by atoms with Gasteiger partial charge in [-0.05, 0) is 53.7 Å². The topological polar surface area (TPSA) is 112 Å². The van der Waals surface area contributed by atoms with E-state index >= 15 is 0 Å². The van der Waals surface area contributed by atoms with E-state index in [1.165, 1.54) is 12.2 Å². The van der Waals surface area contributed by atoms with Gasteiger partial charge in [0.2, 0.25) is 0 Å². The van der Waals surface area contributed by atoms with Gasteiger partial charge in [0.1, 0.15) is 23.4 Å². The summed E-state index contributed by atoms with van der Waals surface area (Å²) in [6.45, 7) is 10.2. The van der Waals surface area contributed by atoms with E-state index in [0.29, 0.717) is 0 Å². The van der Waals surface area contributed by atoms with Gasteiger partial charge >= 0.3 is 12.3 Å².